The Morgan fingerprint density at radius 1 is 1.67 bits per heavy atom. The number of nitrogens with two attached hydrogens (primary N) is 1. The zero-order valence-electron chi connectivity index (χ0n) is 6.49. The molecule has 12 heavy (non-hydrogen) atoms. The number of hydrogen-bond acceptors (Lipinski definition) is 3. The smallest absolute Gasteiger partial charge is 0.277 e. The molecule has 0 spiro atoms. The Bertz CT molecular complexity index is 286. The average molecular weight is 165 g/mol. The summed E-state index contributed by atoms with van der Waals surface area (Å²) in [7, 11) is 0. The fourth-order valence-electron chi connectivity index (χ4n) is 0.927. The number of benzene rings is 1. The molecule has 4 nitrogen and oxygen atoms in total. The van der Waals surface area contributed by atoms with E-state index in [0.717, 1.165) is 5.56 Å². The minimum Gasteiger partial charge on any atom is -0.330 e. The minimum absolute atomic E-state index is 0.000880. The van der Waals surface area contributed by atoms with Crippen molar-refractivity contribution in [3.63, 3.8) is 0 Å². The van der Waals surface area contributed by atoms with Gasteiger partial charge in [-0.2, -0.15) is 0 Å². The van der Waals surface area contributed by atoms with Crippen LogP contribution in [-0.4, -0.2) is 11.5 Å². The number of non-ortho nitro benzene ring substituents is 1. The van der Waals surface area contributed by atoms with E-state index < -0.39 is 4.92 Å². The van der Waals surface area contributed by atoms with E-state index in [1.807, 2.05) is 0 Å². The summed E-state index contributed by atoms with van der Waals surface area (Å²) in [5.41, 5.74) is 6.19. The maximum absolute atomic E-state index is 10.3. The second-order valence-corrected chi connectivity index (χ2v) is 2.38. The normalized spacial score (nSPS) is 9.75. The van der Waals surface area contributed by atoms with E-state index in [1.54, 1.807) is 12.1 Å². The van der Waals surface area contributed by atoms with E-state index in [9.17, 15) is 10.1 Å². The molecular weight excluding hydrogens is 156 g/mol. The van der Waals surface area contributed by atoms with Gasteiger partial charge in [0.15, 0.2) is 0 Å². The van der Waals surface area contributed by atoms with E-state index in [0.29, 0.717) is 13.0 Å². The van der Waals surface area contributed by atoms with Gasteiger partial charge in [-0.1, -0.05) is 6.07 Å². The first-order chi connectivity index (χ1) is 5.74. The van der Waals surface area contributed by atoms with Crippen molar-refractivity contribution in [2.75, 3.05) is 6.54 Å². The van der Waals surface area contributed by atoms with Gasteiger partial charge in [-0.25, -0.2) is 0 Å². The summed E-state index contributed by atoms with van der Waals surface area (Å²) in [4.78, 5) is 9.84. The van der Waals surface area contributed by atoms with Gasteiger partial charge < -0.3 is 5.73 Å². The molecule has 0 fully saturated rings. The molecule has 0 aliphatic heterocycles. The molecule has 0 aliphatic rings. The lowest BCUT2D eigenvalue weighted by Gasteiger charge is -1.96. The Morgan fingerprint density at radius 2 is 2.42 bits per heavy atom. The van der Waals surface area contributed by atoms with Crippen molar-refractivity contribution in [3.8, 4) is 0 Å². The summed E-state index contributed by atoms with van der Waals surface area (Å²) in [6.07, 6.45) is 0.662. The molecule has 2 N–H and O–H groups in total. The van der Waals surface area contributed by atoms with Crippen LogP contribution in [0.4, 0.5) is 5.69 Å². The molecular formula is C8H9N2O2. The summed E-state index contributed by atoms with van der Waals surface area (Å²) in [5.74, 6) is 0. The number of hydrogen-bond donors (Lipinski definition) is 1. The lowest BCUT2D eigenvalue weighted by atomic mass is 10.1. The van der Waals surface area contributed by atoms with Gasteiger partial charge in [0.05, 0.1) is 11.0 Å². The van der Waals surface area contributed by atoms with Crippen LogP contribution in [0.3, 0.4) is 0 Å². The van der Waals surface area contributed by atoms with Crippen molar-refractivity contribution in [1.82, 2.24) is 0 Å². The van der Waals surface area contributed by atoms with Crippen LogP contribution in [0, 0.1) is 16.2 Å². The summed E-state index contributed by atoms with van der Waals surface area (Å²) in [6, 6.07) is 7.34. The van der Waals surface area contributed by atoms with E-state index in [4.69, 9.17) is 5.73 Å². The van der Waals surface area contributed by atoms with Crippen LogP contribution in [0.25, 0.3) is 0 Å². The van der Waals surface area contributed by atoms with E-state index in [2.05, 4.69) is 6.07 Å². The van der Waals surface area contributed by atoms with Crippen molar-refractivity contribution in [3.05, 3.63) is 39.9 Å². The number of nitro groups is 1. The van der Waals surface area contributed by atoms with E-state index in [1.165, 1.54) is 6.07 Å². The molecule has 0 saturated heterocycles. The SMILES string of the molecule is NCCc1cc[c]c([N+](=O)[O-])c1. The zero-order valence-corrected chi connectivity index (χ0v) is 6.49. The number of nitro benzene ring substituents is 1. The van der Waals surface area contributed by atoms with Crippen molar-refractivity contribution < 1.29 is 4.92 Å². The van der Waals surface area contributed by atoms with Gasteiger partial charge >= 0.3 is 0 Å². The molecule has 0 atom stereocenters. The molecule has 0 amide bonds. The number of rotatable bonds is 3. The fraction of sp³-hybridized carbons (Fsp3) is 0.250. The molecule has 0 aromatic heterocycles. The van der Waals surface area contributed by atoms with Crippen LogP contribution in [0.5, 0.6) is 0 Å². The Kier molecular flexibility index (Phi) is 2.76. The molecule has 1 rings (SSSR count). The molecule has 0 heterocycles. The van der Waals surface area contributed by atoms with Gasteiger partial charge in [0.25, 0.3) is 5.69 Å². The largest absolute Gasteiger partial charge is 0.330 e. The van der Waals surface area contributed by atoms with Crippen LogP contribution < -0.4 is 5.73 Å². The second kappa shape index (κ2) is 3.82. The van der Waals surface area contributed by atoms with Gasteiger partial charge in [0, 0.05) is 6.07 Å². The molecule has 4 heteroatoms. The second-order valence-electron chi connectivity index (χ2n) is 2.38. The molecule has 0 saturated carbocycles. The maximum atomic E-state index is 10.3. The minimum atomic E-state index is -0.458. The topological polar surface area (TPSA) is 69.2 Å². The molecule has 1 aromatic carbocycles. The van der Waals surface area contributed by atoms with Crippen LogP contribution in [0.15, 0.2) is 18.2 Å². The highest BCUT2D eigenvalue weighted by Crippen LogP contribution is 2.11. The van der Waals surface area contributed by atoms with Gasteiger partial charge in [-0.15, -0.1) is 0 Å². The summed E-state index contributed by atoms with van der Waals surface area (Å²) in [6.45, 7) is 0.501. The van der Waals surface area contributed by atoms with Crippen LogP contribution >= 0.6 is 0 Å². The molecule has 0 bridgehead atoms. The highest BCUT2D eigenvalue weighted by Gasteiger charge is 2.04. The van der Waals surface area contributed by atoms with Crippen molar-refractivity contribution in [2.24, 2.45) is 5.73 Å². The maximum Gasteiger partial charge on any atom is 0.277 e. The third-order valence-electron chi connectivity index (χ3n) is 1.48. The Hall–Kier alpha value is -1.42. The van der Waals surface area contributed by atoms with Crippen molar-refractivity contribution >= 4 is 5.69 Å². The Balaban J connectivity index is 2.88. The summed E-state index contributed by atoms with van der Waals surface area (Å²) in [5, 5.41) is 10.3. The van der Waals surface area contributed by atoms with Gasteiger partial charge in [0.1, 0.15) is 0 Å². The average Bonchev–Trinajstić information content (AvgIpc) is 2.05. The predicted molar refractivity (Wildman–Crippen MR) is 44.7 cm³/mol. The summed E-state index contributed by atoms with van der Waals surface area (Å²) >= 11 is 0. The highest BCUT2D eigenvalue weighted by molar-refractivity contribution is 5.33. The van der Waals surface area contributed by atoms with E-state index >= 15 is 0 Å². The first-order valence-electron chi connectivity index (χ1n) is 3.59. The Morgan fingerprint density at radius 3 is 3.00 bits per heavy atom. The first-order valence-corrected chi connectivity index (χ1v) is 3.59. The lowest BCUT2D eigenvalue weighted by molar-refractivity contribution is -0.385. The third-order valence-corrected chi connectivity index (χ3v) is 1.48. The van der Waals surface area contributed by atoms with E-state index in [-0.39, 0.29) is 5.69 Å². The molecule has 0 aliphatic carbocycles. The van der Waals surface area contributed by atoms with Gasteiger partial charge in [0.2, 0.25) is 0 Å². The van der Waals surface area contributed by atoms with Crippen molar-refractivity contribution in [2.45, 2.75) is 6.42 Å². The van der Waals surface area contributed by atoms with Crippen LogP contribution in [0.2, 0.25) is 0 Å². The quantitative estimate of drug-likeness (QED) is 0.534. The standard InChI is InChI=1S/C8H9N2O2/c9-5-4-7-2-1-3-8(6-7)10(11)12/h1-2,6H,4-5,9H2. The monoisotopic (exact) mass is 165 g/mol. The molecule has 1 aromatic rings. The predicted octanol–water partition coefficient (Wildman–Crippen LogP) is 0.896. The van der Waals surface area contributed by atoms with Crippen LogP contribution in [-0.2, 0) is 6.42 Å². The third kappa shape index (κ3) is 2.03. The van der Waals surface area contributed by atoms with Gasteiger partial charge in [-0.05, 0) is 24.6 Å². The van der Waals surface area contributed by atoms with Gasteiger partial charge in [-0.3, -0.25) is 10.1 Å². The molecule has 0 unspecified atom stereocenters. The van der Waals surface area contributed by atoms with Crippen LogP contribution in [0.1, 0.15) is 5.56 Å². The highest BCUT2D eigenvalue weighted by atomic mass is 16.6. The van der Waals surface area contributed by atoms with Crippen molar-refractivity contribution in [1.29, 1.82) is 0 Å². The molecule has 63 valence electrons. The Labute approximate surface area is 70.2 Å². The first kappa shape index (κ1) is 8.67. The summed E-state index contributed by atoms with van der Waals surface area (Å²) < 4.78 is 0. The molecule has 1 radical (unpaired) electrons. The zero-order chi connectivity index (χ0) is 8.97. The number of nitrogens with zero attached hydrogens (tertiary/aromatic N) is 1. The fourth-order valence-corrected chi connectivity index (χ4v) is 0.927. The lowest BCUT2D eigenvalue weighted by Crippen LogP contribution is -2.02.